The number of hydrogen-bond acceptors (Lipinski definition) is 5. The Labute approximate surface area is 121 Å². The monoisotopic (exact) mass is 304 g/mol. The van der Waals surface area contributed by atoms with Gasteiger partial charge in [0.1, 0.15) is 0 Å². The summed E-state index contributed by atoms with van der Waals surface area (Å²) in [5.41, 5.74) is -0.537. The molecule has 0 heterocycles. The van der Waals surface area contributed by atoms with Crippen molar-refractivity contribution in [3.63, 3.8) is 0 Å². The molecule has 0 bridgehead atoms. The summed E-state index contributed by atoms with van der Waals surface area (Å²) in [4.78, 5) is 11.5. The van der Waals surface area contributed by atoms with E-state index in [2.05, 4.69) is 4.74 Å². The van der Waals surface area contributed by atoms with Crippen LogP contribution >= 0.6 is 0 Å². The fourth-order valence-electron chi connectivity index (χ4n) is 1.83. The van der Waals surface area contributed by atoms with E-state index in [1.165, 1.54) is 20.3 Å². The maximum Gasteiger partial charge on any atom is 0.339 e. The highest BCUT2D eigenvalue weighted by atomic mass is 19.3. The lowest BCUT2D eigenvalue weighted by Crippen LogP contribution is -2.17. The third-order valence-corrected chi connectivity index (χ3v) is 2.80. The Morgan fingerprint density at radius 2 is 1.95 bits per heavy atom. The first kappa shape index (κ1) is 17.2. The van der Waals surface area contributed by atoms with Crippen LogP contribution < -0.4 is 9.47 Å². The number of aliphatic hydroxyl groups excluding tert-OH is 1. The fraction of sp³-hybridized carbons (Fsp3) is 0.500. The molecule has 118 valence electrons. The topological polar surface area (TPSA) is 65.0 Å². The molecule has 0 spiro atoms. The van der Waals surface area contributed by atoms with E-state index in [4.69, 9.17) is 9.47 Å². The first-order chi connectivity index (χ1) is 9.76. The highest BCUT2D eigenvalue weighted by molar-refractivity contribution is 5.77. The van der Waals surface area contributed by atoms with Crippen molar-refractivity contribution in [3.05, 3.63) is 23.3 Å². The van der Waals surface area contributed by atoms with Crippen molar-refractivity contribution in [1.29, 1.82) is 0 Å². The number of aliphatic hydroxyl groups is 1. The van der Waals surface area contributed by atoms with Gasteiger partial charge in [0.05, 0.1) is 26.4 Å². The number of ether oxygens (including phenoxy) is 3. The zero-order valence-electron chi connectivity index (χ0n) is 12.3. The van der Waals surface area contributed by atoms with E-state index in [1.807, 2.05) is 0 Å². The highest BCUT2D eigenvalue weighted by Crippen LogP contribution is 2.42. The van der Waals surface area contributed by atoms with Crippen LogP contribution in [0, 0.1) is 0 Å². The zero-order chi connectivity index (χ0) is 16.2. The van der Waals surface area contributed by atoms with Crippen molar-refractivity contribution < 1.29 is 32.9 Å². The molecule has 0 aliphatic carbocycles. The lowest BCUT2D eigenvalue weighted by Gasteiger charge is -2.20. The van der Waals surface area contributed by atoms with Crippen LogP contribution in [-0.2, 0) is 15.5 Å². The number of methoxy groups -OCH3 is 2. The van der Waals surface area contributed by atoms with Gasteiger partial charge in [-0.25, -0.2) is 13.6 Å². The van der Waals surface area contributed by atoms with Gasteiger partial charge in [-0.3, -0.25) is 0 Å². The number of hydrogen-bond donors (Lipinski definition) is 1. The molecular weight excluding hydrogens is 286 g/mol. The molecule has 7 heteroatoms. The third kappa shape index (κ3) is 3.81. The van der Waals surface area contributed by atoms with Crippen molar-refractivity contribution in [3.8, 4) is 11.5 Å². The number of carbonyl (C=O) groups is 1. The summed E-state index contributed by atoms with van der Waals surface area (Å²) < 4.78 is 41.9. The van der Waals surface area contributed by atoms with E-state index >= 15 is 0 Å². The third-order valence-electron chi connectivity index (χ3n) is 2.80. The highest BCUT2D eigenvalue weighted by Gasteiger charge is 2.33. The van der Waals surface area contributed by atoms with Gasteiger partial charge in [-0.2, -0.15) is 0 Å². The van der Waals surface area contributed by atoms with E-state index in [1.54, 1.807) is 6.92 Å². The van der Waals surface area contributed by atoms with Crippen LogP contribution in [0.2, 0.25) is 0 Å². The van der Waals surface area contributed by atoms with Gasteiger partial charge in [0.25, 0.3) is 5.92 Å². The first-order valence-electron chi connectivity index (χ1n) is 6.25. The number of rotatable bonds is 6. The summed E-state index contributed by atoms with van der Waals surface area (Å²) in [5.74, 6) is -4.31. The van der Waals surface area contributed by atoms with E-state index in [0.717, 1.165) is 6.07 Å². The van der Waals surface area contributed by atoms with Crippen molar-refractivity contribution in [2.45, 2.75) is 25.9 Å². The zero-order valence-corrected chi connectivity index (χ0v) is 12.3. The van der Waals surface area contributed by atoms with Gasteiger partial charge in [-0.05, 0) is 24.6 Å². The normalized spacial score (nSPS) is 12.7. The molecule has 1 rings (SSSR count). The Balaban J connectivity index is 3.39. The predicted octanol–water partition coefficient (Wildman–Crippen LogP) is 2.41. The molecule has 0 fully saturated rings. The van der Waals surface area contributed by atoms with Gasteiger partial charge >= 0.3 is 5.97 Å². The summed E-state index contributed by atoms with van der Waals surface area (Å²) >= 11 is 0. The molecule has 1 aromatic carbocycles. The molecule has 0 saturated heterocycles. The van der Waals surface area contributed by atoms with Crippen molar-refractivity contribution in [2.24, 2.45) is 0 Å². The van der Waals surface area contributed by atoms with Gasteiger partial charge < -0.3 is 19.3 Å². The molecule has 1 atom stereocenters. The second-order valence-electron chi connectivity index (χ2n) is 4.35. The van der Waals surface area contributed by atoms with Gasteiger partial charge in [0, 0.05) is 6.92 Å². The Morgan fingerprint density at radius 3 is 2.38 bits per heavy atom. The van der Waals surface area contributed by atoms with Crippen molar-refractivity contribution >= 4 is 5.97 Å². The largest absolute Gasteiger partial charge is 0.493 e. The molecule has 0 aliphatic rings. The van der Waals surface area contributed by atoms with Crippen LogP contribution in [0.3, 0.4) is 0 Å². The molecule has 0 amide bonds. The number of alkyl halides is 2. The first-order valence-corrected chi connectivity index (χ1v) is 6.25. The molecule has 1 N–H and O–H groups in total. The molecule has 21 heavy (non-hydrogen) atoms. The minimum absolute atomic E-state index is 0.00475. The second-order valence-corrected chi connectivity index (χ2v) is 4.35. The number of esters is 1. The smallest absolute Gasteiger partial charge is 0.339 e. The van der Waals surface area contributed by atoms with Gasteiger partial charge in [-0.1, -0.05) is 0 Å². The molecule has 0 radical (unpaired) electrons. The van der Waals surface area contributed by atoms with Crippen LogP contribution in [0.25, 0.3) is 0 Å². The lowest BCUT2D eigenvalue weighted by molar-refractivity contribution is -0.153. The van der Waals surface area contributed by atoms with E-state index in [-0.39, 0.29) is 23.7 Å². The average Bonchev–Trinajstić information content (AvgIpc) is 2.44. The van der Waals surface area contributed by atoms with Crippen LogP contribution in [0.5, 0.6) is 11.5 Å². The summed E-state index contributed by atoms with van der Waals surface area (Å²) in [5, 5.41) is 9.88. The molecule has 0 aliphatic heterocycles. The van der Waals surface area contributed by atoms with Crippen LogP contribution in [0.15, 0.2) is 12.1 Å². The summed E-state index contributed by atoms with van der Waals surface area (Å²) in [6.07, 6.45) is -1.68. The van der Waals surface area contributed by atoms with E-state index in [9.17, 15) is 18.7 Å². The Bertz CT molecular complexity index is 511. The standard InChI is InChI=1S/C14H18F2O5/c1-5-21-13(18)11(17)8-6-9(14(2,15)16)12(20-4)10(7-8)19-3/h6-7,11,17H,5H2,1-4H3. The van der Waals surface area contributed by atoms with Crippen molar-refractivity contribution in [2.75, 3.05) is 20.8 Å². The Morgan fingerprint density at radius 1 is 1.33 bits per heavy atom. The maximum atomic E-state index is 13.7. The van der Waals surface area contributed by atoms with Crippen molar-refractivity contribution in [1.82, 2.24) is 0 Å². The minimum Gasteiger partial charge on any atom is -0.493 e. The maximum absolute atomic E-state index is 13.7. The summed E-state index contributed by atoms with van der Waals surface area (Å²) in [6.45, 7) is 2.33. The van der Waals surface area contributed by atoms with Gasteiger partial charge in [0.15, 0.2) is 17.6 Å². The fourth-order valence-corrected chi connectivity index (χ4v) is 1.83. The average molecular weight is 304 g/mol. The molecule has 0 aromatic heterocycles. The second kappa shape index (κ2) is 6.71. The molecular formula is C14H18F2O5. The van der Waals surface area contributed by atoms with Gasteiger partial charge in [0.2, 0.25) is 0 Å². The van der Waals surface area contributed by atoms with E-state index in [0.29, 0.717) is 6.92 Å². The number of halogens is 2. The summed E-state index contributed by atoms with van der Waals surface area (Å²) in [6, 6.07) is 2.26. The minimum atomic E-state index is -3.23. The Kier molecular flexibility index (Phi) is 5.48. The van der Waals surface area contributed by atoms with Crippen LogP contribution in [0.4, 0.5) is 8.78 Å². The van der Waals surface area contributed by atoms with Crippen LogP contribution in [0.1, 0.15) is 31.1 Å². The Hall–Kier alpha value is -1.89. The quantitative estimate of drug-likeness (QED) is 0.818. The van der Waals surface area contributed by atoms with E-state index < -0.39 is 23.6 Å². The number of benzene rings is 1. The summed E-state index contributed by atoms with van der Waals surface area (Å²) in [7, 11) is 2.50. The molecule has 0 saturated carbocycles. The predicted molar refractivity (Wildman–Crippen MR) is 70.7 cm³/mol. The number of carbonyl (C=O) groups excluding carboxylic acids is 1. The van der Waals surface area contributed by atoms with Crippen LogP contribution in [-0.4, -0.2) is 31.9 Å². The van der Waals surface area contributed by atoms with Gasteiger partial charge in [-0.15, -0.1) is 0 Å². The molecule has 1 aromatic rings. The molecule has 5 nitrogen and oxygen atoms in total. The lowest BCUT2D eigenvalue weighted by atomic mass is 10.0. The SMILES string of the molecule is CCOC(=O)C(O)c1cc(OC)c(OC)c(C(C)(F)F)c1. The molecule has 1 unspecified atom stereocenters.